The first-order valence-corrected chi connectivity index (χ1v) is 9.69. The van der Waals surface area contributed by atoms with Crippen LogP contribution in [0, 0.1) is 20.8 Å². The van der Waals surface area contributed by atoms with E-state index in [1.807, 2.05) is 12.5 Å². The Balaban J connectivity index is 1.96. The lowest BCUT2D eigenvalue weighted by Crippen LogP contribution is -2.24. The third kappa shape index (κ3) is 3.98. The first kappa shape index (κ1) is 19.4. The van der Waals surface area contributed by atoms with Gasteiger partial charge < -0.3 is 9.47 Å². The van der Waals surface area contributed by atoms with Gasteiger partial charge in [0, 0.05) is 24.3 Å². The Bertz CT molecular complexity index is 886. The Labute approximate surface area is 162 Å². The molecule has 3 rings (SSSR count). The van der Waals surface area contributed by atoms with Gasteiger partial charge in [-0.2, -0.15) is 5.10 Å². The van der Waals surface area contributed by atoms with Crippen LogP contribution in [-0.2, 0) is 13.1 Å². The van der Waals surface area contributed by atoms with Crippen molar-refractivity contribution in [1.29, 1.82) is 0 Å². The van der Waals surface area contributed by atoms with Crippen molar-refractivity contribution in [3.8, 4) is 11.3 Å². The van der Waals surface area contributed by atoms with Crippen LogP contribution in [0.1, 0.15) is 41.9 Å². The highest BCUT2D eigenvalue weighted by Gasteiger charge is 2.20. The highest BCUT2D eigenvalue weighted by atomic mass is 15.3. The highest BCUT2D eigenvalue weighted by molar-refractivity contribution is 5.64. The van der Waals surface area contributed by atoms with Gasteiger partial charge in [0.25, 0.3) is 0 Å². The molecule has 2 aromatic heterocycles. The SMILES string of the molecule is CCCn1nc(C)c(-c2cncn2CC(c2ccc(C)cc2)N(C)C)c1C. The van der Waals surface area contributed by atoms with Gasteiger partial charge in [-0.15, -0.1) is 0 Å². The van der Waals surface area contributed by atoms with E-state index in [-0.39, 0.29) is 6.04 Å². The normalized spacial score (nSPS) is 12.7. The molecule has 1 atom stereocenters. The van der Waals surface area contributed by atoms with Gasteiger partial charge in [-0.05, 0) is 46.9 Å². The number of aromatic nitrogens is 4. The number of aryl methyl sites for hydroxylation is 3. The Morgan fingerprint density at radius 1 is 1.07 bits per heavy atom. The fourth-order valence-corrected chi connectivity index (χ4v) is 3.71. The molecule has 0 aliphatic rings. The average Bonchev–Trinajstić information content (AvgIpc) is 3.18. The summed E-state index contributed by atoms with van der Waals surface area (Å²) >= 11 is 0. The lowest BCUT2D eigenvalue weighted by atomic mass is 10.0. The van der Waals surface area contributed by atoms with Gasteiger partial charge >= 0.3 is 0 Å². The van der Waals surface area contributed by atoms with Crippen LogP contribution in [0.15, 0.2) is 36.8 Å². The predicted molar refractivity (Wildman–Crippen MR) is 111 cm³/mol. The summed E-state index contributed by atoms with van der Waals surface area (Å²) in [5.41, 5.74) is 7.25. The predicted octanol–water partition coefficient (Wildman–Crippen LogP) is 4.38. The molecule has 5 nitrogen and oxygen atoms in total. The van der Waals surface area contributed by atoms with Gasteiger partial charge in [0.2, 0.25) is 0 Å². The van der Waals surface area contributed by atoms with Crippen molar-refractivity contribution < 1.29 is 0 Å². The Morgan fingerprint density at radius 2 is 1.78 bits per heavy atom. The van der Waals surface area contributed by atoms with E-state index in [2.05, 4.69) is 85.2 Å². The zero-order chi connectivity index (χ0) is 19.6. The summed E-state index contributed by atoms with van der Waals surface area (Å²) in [4.78, 5) is 6.74. The zero-order valence-corrected chi connectivity index (χ0v) is 17.4. The van der Waals surface area contributed by atoms with Crippen LogP contribution in [0.2, 0.25) is 0 Å². The molecule has 1 aromatic carbocycles. The highest BCUT2D eigenvalue weighted by Crippen LogP contribution is 2.29. The molecule has 0 saturated carbocycles. The lowest BCUT2D eigenvalue weighted by Gasteiger charge is -2.26. The van der Waals surface area contributed by atoms with Crippen molar-refractivity contribution in [2.45, 2.75) is 53.2 Å². The number of hydrogen-bond acceptors (Lipinski definition) is 3. The fraction of sp³-hybridized carbons (Fsp3) is 0.455. The summed E-state index contributed by atoms with van der Waals surface area (Å²) in [7, 11) is 4.27. The fourth-order valence-electron chi connectivity index (χ4n) is 3.71. The minimum absolute atomic E-state index is 0.282. The van der Waals surface area contributed by atoms with Crippen molar-refractivity contribution in [3.63, 3.8) is 0 Å². The van der Waals surface area contributed by atoms with Crippen molar-refractivity contribution in [3.05, 3.63) is 59.3 Å². The summed E-state index contributed by atoms with van der Waals surface area (Å²) < 4.78 is 4.38. The summed E-state index contributed by atoms with van der Waals surface area (Å²) in [5, 5.41) is 4.74. The van der Waals surface area contributed by atoms with Gasteiger partial charge in [0.15, 0.2) is 0 Å². The molecule has 0 N–H and O–H groups in total. The largest absolute Gasteiger partial charge is 0.329 e. The Kier molecular flexibility index (Phi) is 5.80. The standard InChI is InChI=1S/C22H31N5/c1-7-12-27-18(4)22(17(3)24-27)20-13-23-15-26(20)14-21(25(5)6)19-10-8-16(2)9-11-19/h8-11,13,15,21H,7,12,14H2,1-6H3. The van der Waals surface area contributed by atoms with Crippen molar-refractivity contribution >= 4 is 0 Å². The van der Waals surface area contributed by atoms with E-state index < -0.39 is 0 Å². The van der Waals surface area contributed by atoms with Gasteiger partial charge in [-0.1, -0.05) is 36.8 Å². The second-order valence-corrected chi connectivity index (χ2v) is 7.59. The second-order valence-electron chi connectivity index (χ2n) is 7.59. The number of hydrogen-bond donors (Lipinski definition) is 0. The lowest BCUT2D eigenvalue weighted by molar-refractivity contribution is 0.269. The monoisotopic (exact) mass is 365 g/mol. The van der Waals surface area contributed by atoms with Crippen LogP contribution in [0.3, 0.4) is 0 Å². The number of imidazole rings is 1. The van der Waals surface area contributed by atoms with Crippen LogP contribution in [0.25, 0.3) is 11.3 Å². The van der Waals surface area contributed by atoms with E-state index in [1.54, 1.807) is 0 Å². The maximum atomic E-state index is 4.74. The van der Waals surface area contributed by atoms with E-state index in [0.717, 1.165) is 30.9 Å². The summed E-state index contributed by atoms with van der Waals surface area (Å²) in [6, 6.07) is 9.11. The van der Waals surface area contributed by atoms with Crippen LogP contribution in [0.4, 0.5) is 0 Å². The molecule has 144 valence electrons. The average molecular weight is 366 g/mol. The van der Waals surface area contributed by atoms with Crippen LogP contribution < -0.4 is 0 Å². The second kappa shape index (κ2) is 8.09. The number of benzene rings is 1. The van der Waals surface area contributed by atoms with Gasteiger partial charge in [-0.3, -0.25) is 4.68 Å². The van der Waals surface area contributed by atoms with Gasteiger partial charge in [0.05, 0.1) is 30.0 Å². The molecule has 2 heterocycles. The molecular formula is C22H31N5. The minimum Gasteiger partial charge on any atom is -0.329 e. The first-order valence-electron chi connectivity index (χ1n) is 9.69. The van der Waals surface area contributed by atoms with Gasteiger partial charge in [-0.25, -0.2) is 4.98 Å². The third-order valence-electron chi connectivity index (χ3n) is 5.24. The van der Waals surface area contributed by atoms with E-state index >= 15 is 0 Å². The first-order chi connectivity index (χ1) is 12.9. The molecule has 0 fully saturated rings. The zero-order valence-electron chi connectivity index (χ0n) is 17.4. The smallest absolute Gasteiger partial charge is 0.0951 e. The van der Waals surface area contributed by atoms with Crippen LogP contribution >= 0.6 is 0 Å². The van der Waals surface area contributed by atoms with E-state index in [4.69, 9.17) is 5.10 Å². The van der Waals surface area contributed by atoms with Gasteiger partial charge in [0.1, 0.15) is 0 Å². The molecular weight excluding hydrogens is 334 g/mol. The molecule has 27 heavy (non-hydrogen) atoms. The minimum atomic E-state index is 0.282. The topological polar surface area (TPSA) is 38.9 Å². The van der Waals surface area contributed by atoms with E-state index in [1.165, 1.54) is 22.4 Å². The molecule has 0 spiro atoms. The Morgan fingerprint density at radius 3 is 2.41 bits per heavy atom. The molecule has 5 heteroatoms. The summed E-state index contributed by atoms with van der Waals surface area (Å²) in [5.74, 6) is 0. The van der Waals surface area contributed by atoms with Crippen molar-refractivity contribution in [2.24, 2.45) is 0 Å². The molecule has 0 bridgehead atoms. The molecule has 0 radical (unpaired) electrons. The quantitative estimate of drug-likeness (QED) is 0.623. The van der Waals surface area contributed by atoms with Crippen LogP contribution in [-0.4, -0.2) is 38.3 Å². The molecule has 3 aromatic rings. The molecule has 1 unspecified atom stereocenters. The molecule has 0 saturated heterocycles. The van der Waals surface area contributed by atoms with E-state index in [0.29, 0.717) is 0 Å². The van der Waals surface area contributed by atoms with Crippen molar-refractivity contribution in [1.82, 2.24) is 24.2 Å². The van der Waals surface area contributed by atoms with Crippen LogP contribution in [0.5, 0.6) is 0 Å². The maximum Gasteiger partial charge on any atom is 0.0951 e. The number of rotatable bonds is 7. The third-order valence-corrected chi connectivity index (χ3v) is 5.24. The molecule has 0 amide bonds. The van der Waals surface area contributed by atoms with Crippen molar-refractivity contribution in [2.75, 3.05) is 14.1 Å². The Hall–Kier alpha value is -2.40. The number of likely N-dealkylation sites (N-methyl/N-ethyl adjacent to an activating group) is 1. The number of nitrogens with zero attached hydrogens (tertiary/aromatic N) is 5. The molecule has 0 aliphatic heterocycles. The van der Waals surface area contributed by atoms with E-state index in [9.17, 15) is 0 Å². The molecule has 0 aliphatic carbocycles. The maximum absolute atomic E-state index is 4.74. The summed E-state index contributed by atoms with van der Waals surface area (Å²) in [6.45, 7) is 10.4. The summed E-state index contributed by atoms with van der Waals surface area (Å²) in [6.07, 6.45) is 4.99.